The van der Waals surface area contributed by atoms with Gasteiger partial charge in [-0.1, -0.05) is 17.5 Å². The maximum atomic E-state index is 13.3. The molecule has 3 heterocycles. The lowest BCUT2D eigenvalue weighted by Gasteiger charge is -2.10. The molecule has 10 heteroatoms. The van der Waals surface area contributed by atoms with Crippen molar-refractivity contribution in [1.82, 2.24) is 19.9 Å². The summed E-state index contributed by atoms with van der Waals surface area (Å²) in [6.07, 6.45) is 4.94. The number of nitrogens with one attached hydrogen (secondary N) is 2. The number of hydrogen-bond acceptors (Lipinski definition) is 6. The number of amides is 1. The van der Waals surface area contributed by atoms with Crippen LogP contribution in [0.1, 0.15) is 18.1 Å². The third kappa shape index (κ3) is 5.90. The van der Waals surface area contributed by atoms with E-state index >= 15 is 0 Å². The van der Waals surface area contributed by atoms with E-state index in [0.717, 1.165) is 11.1 Å². The van der Waals surface area contributed by atoms with Crippen LogP contribution in [0.3, 0.4) is 0 Å². The molecule has 0 unspecified atom stereocenters. The average molecular weight is 503 g/mol. The third-order valence-electron chi connectivity index (χ3n) is 4.99. The first-order chi connectivity index (χ1) is 17.5. The van der Waals surface area contributed by atoms with E-state index in [0.29, 0.717) is 47.9 Å². The van der Waals surface area contributed by atoms with E-state index in [4.69, 9.17) is 16.3 Å². The van der Waals surface area contributed by atoms with Gasteiger partial charge in [-0.05, 0) is 43.3 Å². The van der Waals surface area contributed by atoms with Crippen molar-refractivity contribution in [2.45, 2.75) is 6.92 Å². The molecular formula is C26H20ClFN6O2. The van der Waals surface area contributed by atoms with Crippen molar-refractivity contribution < 1.29 is 13.9 Å². The fourth-order valence-electron chi connectivity index (χ4n) is 3.47. The molecule has 2 N–H and O–H groups in total. The molecule has 0 fully saturated rings. The second-order valence-electron chi connectivity index (χ2n) is 7.51. The zero-order valence-corrected chi connectivity index (χ0v) is 19.9. The second-order valence-corrected chi connectivity index (χ2v) is 7.95. The lowest BCUT2D eigenvalue weighted by Crippen LogP contribution is -2.27. The molecule has 0 aliphatic rings. The van der Waals surface area contributed by atoms with Crippen molar-refractivity contribution in [2.24, 2.45) is 0 Å². The Kier molecular flexibility index (Phi) is 7.64. The predicted molar refractivity (Wildman–Crippen MR) is 134 cm³/mol. The Morgan fingerprint density at radius 1 is 1.22 bits per heavy atom. The highest BCUT2D eigenvalue weighted by atomic mass is 35.5. The Labute approximate surface area is 211 Å². The summed E-state index contributed by atoms with van der Waals surface area (Å²) in [5.41, 5.74) is 3.02. The van der Waals surface area contributed by atoms with E-state index in [1.54, 1.807) is 23.0 Å². The number of benzene rings is 1. The SMILES string of the molecule is CCOc1cc(-c2ccc(NCCNC(=O)C#Cc3cc(F)cc(Cl)c3)nc2)c2c(C#N)cnn2c1. The zero-order valence-electron chi connectivity index (χ0n) is 19.2. The van der Waals surface area contributed by atoms with E-state index in [2.05, 4.69) is 38.6 Å². The predicted octanol–water partition coefficient (Wildman–Crippen LogP) is 4.04. The van der Waals surface area contributed by atoms with Crippen molar-refractivity contribution in [1.29, 1.82) is 5.26 Å². The molecule has 180 valence electrons. The maximum Gasteiger partial charge on any atom is 0.296 e. The summed E-state index contributed by atoms with van der Waals surface area (Å²) in [6.45, 7) is 3.11. The summed E-state index contributed by atoms with van der Waals surface area (Å²) in [5, 5.41) is 19.7. The van der Waals surface area contributed by atoms with Crippen LogP contribution < -0.4 is 15.4 Å². The molecule has 1 aromatic carbocycles. The van der Waals surface area contributed by atoms with Gasteiger partial charge in [0.05, 0.1) is 30.1 Å². The van der Waals surface area contributed by atoms with Crippen LogP contribution in [-0.2, 0) is 4.79 Å². The van der Waals surface area contributed by atoms with Gasteiger partial charge in [-0.15, -0.1) is 0 Å². The highest BCUT2D eigenvalue weighted by Gasteiger charge is 2.13. The Hall–Kier alpha value is -4.60. The number of carbonyl (C=O) groups is 1. The van der Waals surface area contributed by atoms with E-state index < -0.39 is 11.7 Å². The molecule has 0 atom stereocenters. The standard InChI is InChI=1S/C26H20ClFN6O2/c1-2-36-22-12-23(26-19(13-29)15-33-34(26)16-22)18-4-5-24(32-14-18)30-7-8-31-25(35)6-3-17-9-20(27)11-21(28)10-17/h4-5,9-12,14-16H,2,7-8H2,1H3,(H,30,32)(H,31,35). The second kappa shape index (κ2) is 11.2. The number of rotatable bonds is 7. The molecule has 3 aromatic heterocycles. The van der Waals surface area contributed by atoms with Crippen molar-refractivity contribution in [3.63, 3.8) is 0 Å². The quantitative estimate of drug-likeness (QED) is 0.292. The van der Waals surface area contributed by atoms with Crippen LogP contribution in [0.4, 0.5) is 10.2 Å². The van der Waals surface area contributed by atoms with Crippen molar-refractivity contribution in [3.8, 4) is 34.8 Å². The number of aromatic nitrogens is 3. The highest BCUT2D eigenvalue weighted by Crippen LogP contribution is 2.30. The van der Waals surface area contributed by atoms with Crippen LogP contribution in [0.15, 0.2) is 55.0 Å². The van der Waals surface area contributed by atoms with Crippen LogP contribution >= 0.6 is 11.6 Å². The van der Waals surface area contributed by atoms with Gasteiger partial charge < -0.3 is 15.4 Å². The number of fused-ring (bicyclic) bond motifs is 1. The number of hydrogen-bond donors (Lipinski definition) is 2. The van der Waals surface area contributed by atoms with Crippen LogP contribution in [-0.4, -0.2) is 40.2 Å². The van der Waals surface area contributed by atoms with Gasteiger partial charge in [-0.3, -0.25) is 4.79 Å². The first-order valence-electron chi connectivity index (χ1n) is 11.0. The lowest BCUT2D eigenvalue weighted by atomic mass is 10.1. The fraction of sp³-hybridized carbons (Fsp3) is 0.154. The fourth-order valence-corrected chi connectivity index (χ4v) is 3.69. The Bertz CT molecular complexity index is 1500. The van der Waals surface area contributed by atoms with Gasteiger partial charge in [-0.25, -0.2) is 13.9 Å². The van der Waals surface area contributed by atoms with Crippen molar-refractivity contribution in [2.75, 3.05) is 25.0 Å². The summed E-state index contributed by atoms with van der Waals surface area (Å²) >= 11 is 5.78. The van der Waals surface area contributed by atoms with Crippen molar-refractivity contribution >= 4 is 28.8 Å². The molecule has 0 aliphatic carbocycles. The molecule has 36 heavy (non-hydrogen) atoms. The molecule has 4 rings (SSSR count). The Balaban J connectivity index is 1.37. The first kappa shape index (κ1) is 24.5. The monoisotopic (exact) mass is 502 g/mol. The number of ether oxygens (including phenoxy) is 1. The van der Waals surface area contributed by atoms with Crippen LogP contribution in [0.5, 0.6) is 5.75 Å². The van der Waals surface area contributed by atoms with Gasteiger partial charge in [0.1, 0.15) is 23.5 Å². The topological polar surface area (TPSA) is 104 Å². The van der Waals surface area contributed by atoms with E-state index in [-0.39, 0.29) is 5.02 Å². The third-order valence-corrected chi connectivity index (χ3v) is 5.21. The zero-order chi connectivity index (χ0) is 25.5. The molecule has 0 bridgehead atoms. The number of pyridine rings is 2. The van der Waals surface area contributed by atoms with Gasteiger partial charge >= 0.3 is 0 Å². The Morgan fingerprint density at radius 3 is 2.81 bits per heavy atom. The average Bonchev–Trinajstić information content (AvgIpc) is 3.28. The molecule has 8 nitrogen and oxygen atoms in total. The number of nitriles is 1. The minimum atomic E-state index is -0.517. The van der Waals surface area contributed by atoms with Crippen LogP contribution in [0, 0.1) is 29.0 Å². The molecule has 0 saturated heterocycles. The number of carbonyl (C=O) groups excluding carboxylic acids is 1. The van der Waals surface area contributed by atoms with Gasteiger partial charge in [0.2, 0.25) is 0 Å². The number of anilines is 1. The summed E-state index contributed by atoms with van der Waals surface area (Å²) in [5.74, 6) is 5.22. The van der Waals surface area contributed by atoms with Gasteiger partial charge in [0.25, 0.3) is 5.91 Å². The molecule has 0 saturated carbocycles. The molecule has 0 radical (unpaired) electrons. The molecule has 0 aliphatic heterocycles. The molecule has 0 spiro atoms. The van der Waals surface area contributed by atoms with Gasteiger partial charge in [0, 0.05) is 46.9 Å². The van der Waals surface area contributed by atoms with Crippen LogP contribution in [0.25, 0.3) is 16.6 Å². The Morgan fingerprint density at radius 2 is 2.08 bits per heavy atom. The minimum absolute atomic E-state index is 0.213. The highest BCUT2D eigenvalue weighted by molar-refractivity contribution is 6.30. The molecule has 1 amide bonds. The summed E-state index contributed by atoms with van der Waals surface area (Å²) in [4.78, 5) is 16.3. The summed E-state index contributed by atoms with van der Waals surface area (Å²) in [7, 11) is 0. The van der Waals surface area contributed by atoms with E-state index in [1.807, 2.05) is 19.1 Å². The molecular weight excluding hydrogens is 483 g/mol. The van der Waals surface area contributed by atoms with E-state index in [9.17, 15) is 14.4 Å². The number of halogens is 2. The molecule has 4 aromatic rings. The van der Waals surface area contributed by atoms with Gasteiger partial charge in [0.15, 0.2) is 0 Å². The lowest BCUT2D eigenvalue weighted by molar-refractivity contribution is -0.115. The minimum Gasteiger partial charge on any atom is -0.492 e. The summed E-state index contributed by atoms with van der Waals surface area (Å²) in [6, 6.07) is 11.6. The normalized spacial score (nSPS) is 10.3. The number of nitrogens with zero attached hydrogens (tertiary/aromatic N) is 4. The largest absolute Gasteiger partial charge is 0.492 e. The summed E-state index contributed by atoms with van der Waals surface area (Å²) < 4.78 is 20.6. The smallest absolute Gasteiger partial charge is 0.296 e. The van der Waals surface area contributed by atoms with Crippen LogP contribution in [0.2, 0.25) is 5.02 Å². The van der Waals surface area contributed by atoms with Gasteiger partial charge in [-0.2, -0.15) is 10.4 Å². The first-order valence-corrected chi connectivity index (χ1v) is 11.3. The van der Waals surface area contributed by atoms with Crippen molar-refractivity contribution in [3.05, 3.63) is 77.0 Å². The maximum absolute atomic E-state index is 13.3. The van der Waals surface area contributed by atoms with E-state index in [1.165, 1.54) is 24.4 Å².